The van der Waals surface area contributed by atoms with E-state index < -0.39 is 5.97 Å². The summed E-state index contributed by atoms with van der Waals surface area (Å²) < 4.78 is 5.10. The summed E-state index contributed by atoms with van der Waals surface area (Å²) in [6.07, 6.45) is 0. The lowest BCUT2D eigenvalue weighted by atomic mass is 10.2. The highest BCUT2D eigenvalue weighted by Gasteiger charge is 2.06. The molecular weight excluding hydrogens is 206 g/mol. The standard InChI is InChI=1S/C12H11NO3/c1-8-6-9-4-2-3-5-10(9)13-12(8)16-7-11(14)15/h2-6H,7H2,1H3,(H,14,15). The molecule has 0 atom stereocenters. The van der Waals surface area contributed by atoms with Crippen molar-refractivity contribution in [3.63, 3.8) is 0 Å². The zero-order chi connectivity index (χ0) is 11.5. The molecule has 2 aromatic rings. The molecule has 0 aliphatic carbocycles. The number of hydrogen-bond acceptors (Lipinski definition) is 3. The van der Waals surface area contributed by atoms with Crippen LogP contribution < -0.4 is 4.74 Å². The van der Waals surface area contributed by atoms with E-state index in [9.17, 15) is 4.79 Å². The average molecular weight is 217 g/mol. The molecule has 0 radical (unpaired) electrons. The molecule has 0 spiro atoms. The third-order valence-corrected chi connectivity index (χ3v) is 2.20. The lowest BCUT2D eigenvalue weighted by Crippen LogP contribution is -2.11. The number of pyridine rings is 1. The predicted molar refractivity (Wildman–Crippen MR) is 59.6 cm³/mol. The van der Waals surface area contributed by atoms with E-state index >= 15 is 0 Å². The Morgan fingerprint density at radius 3 is 2.94 bits per heavy atom. The molecule has 2 rings (SSSR count). The fourth-order valence-electron chi connectivity index (χ4n) is 1.48. The van der Waals surface area contributed by atoms with Gasteiger partial charge in [-0.15, -0.1) is 0 Å². The lowest BCUT2D eigenvalue weighted by Gasteiger charge is -2.07. The van der Waals surface area contributed by atoms with Gasteiger partial charge in [0.2, 0.25) is 5.88 Å². The average Bonchev–Trinajstić information content (AvgIpc) is 2.26. The van der Waals surface area contributed by atoms with Crippen LogP contribution in [0.2, 0.25) is 0 Å². The van der Waals surface area contributed by atoms with Gasteiger partial charge in [0.25, 0.3) is 0 Å². The second kappa shape index (κ2) is 4.18. The maximum atomic E-state index is 10.4. The van der Waals surface area contributed by atoms with E-state index in [2.05, 4.69) is 4.98 Å². The van der Waals surface area contributed by atoms with E-state index in [0.29, 0.717) is 5.88 Å². The molecule has 1 aromatic carbocycles. The van der Waals surface area contributed by atoms with Crippen molar-refractivity contribution in [2.24, 2.45) is 0 Å². The van der Waals surface area contributed by atoms with Crippen LogP contribution in [0.15, 0.2) is 30.3 Å². The van der Waals surface area contributed by atoms with Gasteiger partial charge in [0, 0.05) is 10.9 Å². The third kappa shape index (κ3) is 2.11. The molecule has 1 heterocycles. The normalized spacial score (nSPS) is 10.3. The number of carboxylic acid groups (broad SMARTS) is 1. The number of para-hydroxylation sites is 1. The van der Waals surface area contributed by atoms with Gasteiger partial charge < -0.3 is 9.84 Å². The first-order valence-electron chi connectivity index (χ1n) is 4.88. The van der Waals surface area contributed by atoms with Gasteiger partial charge in [0.15, 0.2) is 6.61 Å². The largest absolute Gasteiger partial charge is 0.479 e. The van der Waals surface area contributed by atoms with Crippen LogP contribution in [0, 0.1) is 6.92 Å². The number of ether oxygens (including phenoxy) is 1. The van der Waals surface area contributed by atoms with Gasteiger partial charge in [-0.1, -0.05) is 18.2 Å². The van der Waals surface area contributed by atoms with Gasteiger partial charge in [-0.2, -0.15) is 0 Å². The van der Waals surface area contributed by atoms with Crippen molar-refractivity contribution < 1.29 is 14.6 Å². The molecule has 1 N–H and O–H groups in total. The van der Waals surface area contributed by atoms with Crippen molar-refractivity contribution in [3.05, 3.63) is 35.9 Å². The van der Waals surface area contributed by atoms with Gasteiger partial charge in [-0.3, -0.25) is 0 Å². The van der Waals surface area contributed by atoms with Crippen LogP contribution in [-0.4, -0.2) is 22.7 Å². The van der Waals surface area contributed by atoms with Crippen LogP contribution in [0.4, 0.5) is 0 Å². The topological polar surface area (TPSA) is 59.4 Å². The first-order chi connectivity index (χ1) is 7.66. The number of benzene rings is 1. The van der Waals surface area contributed by atoms with E-state index in [1.807, 2.05) is 37.3 Å². The highest BCUT2D eigenvalue weighted by Crippen LogP contribution is 2.21. The van der Waals surface area contributed by atoms with Gasteiger partial charge in [0.1, 0.15) is 0 Å². The van der Waals surface area contributed by atoms with Gasteiger partial charge >= 0.3 is 5.97 Å². The molecule has 0 bridgehead atoms. The maximum absolute atomic E-state index is 10.4. The number of carboxylic acids is 1. The highest BCUT2D eigenvalue weighted by atomic mass is 16.5. The first-order valence-corrected chi connectivity index (χ1v) is 4.88. The van der Waals surface area contributed by atoms with Crippen molar-refractivity contribution in [3.8, 4) is 5.88 Å². The van der Waals surface area contributed by atoms with Crippen LogP contribution in [0.1, 0.15) is 5.56 Å². The smallest absolute Gasteiger partial charge is 0.341 e. The van der Waals surface area contributed by atoms with Gasteiger partial charge in [-0.05, 0) is 19.1 Å². The minimum absolute atomic E-state index is 0.369. The number of carbonyl (C=O) groups is 1. The molecule has 0 aliphatic rings. The minimum Gasteiger partial charge on any atom is -0.479 e. The number of fused-ring (bicyclic) bond motifs is 1. The van der Waals surface area contributed by atoms with Crippen LogP contribution in [0.25, 0.3) is 10.9 Å². The fraction of sp³-hybridized carbons (Fsp3) is 0.167. The zero-order valence-corrected chi connectivity index (χ0v) is 8.80. The van der Waals surface area contributed by atoms with E-state index in [1.54, 1.807) is 0 Å². The summed E-state index contributed by atoms with van der Waals surface area (Å²) >= 11 is 0. The lowest BCUT2D eigenvalue weighted by molar-refractivity contribution is -0.139. The Hall–Kier alpha value is -2.10. The molecule has 4 heteroatoms. The maximum Gasteiger partial charge on any atom is 0.341 e. The summed E-state index contributed by atoms with van der Waals surface area (Å²) in [5.74, 6) is -0.629. The molecule has 0 saturated carbocycles. The molecule has 0 fully saturated rings. The van der Waals surface area contributed by atoms with E-state index in [-0.39, 0.29) is 6.61 Å². The summed E-state index contributed by atoms with van der Waals surface area (Å²) in [5, 5.41) is 9.54. The van der Waals surface area contributed by atoms with Crippen LogP contribution >= 0.6 is 0 Å². The summed E-state index contributed by atoms with van der Waals surface area (Å²) in [6.45, 7) is 1.48. The Labute approximate surface area is 92.5 Å². The van der Waals surface area contributed by atoms with Crippen molar-refractivity contribution in [2.75, 3.05) is 6.61 Å². The molecule has 4 nitrogen and oxygen atoms in total. The Morgan fingerprint density at radius 2 is 2.19 bits per heavy atom. The summed E-state index contributed by atoms with van der Waals surface area (Å²) in [6, 6.07) is 9.56. The second-order valence-electron chi connectivity index (χ2n) is 3.49. The molecule has 0 saturated heterocycles. The van der Waals surface area contributed by atoms with Crippen molar-refractivity contribution >= 4 is 16.9 Å². The molecule has 1 aromatic heterocycles. The predicted octanol–water partition coefficient (Wildman–Crippen LogP) is 2.01. The monoisotopic (exact) mass is 217 g/mol. The van der Waals surface area contributed by atoms with E-state index in [4.69, 9.17) is 9.84 Å². The quantitative estimate of drug-likeness (QED) is 0.854. The Kier molecular flexibility index (Phi) is 2.72. The minimum atomic E-state index is -1.01. The molecule has 0 unspecified atom stereocenters. The number of rotatable bonds is 3. The number of aromatic nitrogens is 1. The van der Waals surface area contributed by atoms with Crippen LogP contribution in [0.5, 0.6) is 5.88 Å². The molecule has 16 heavy (non-hydrogen) atoms. The zero-order valence-electron chi connectivity index (χ0n) is 8.80. The Morgan fingerprint density at radius 1 is 1.44 bits per heavy atom. The third-order valence-electron chi connectivity index (χ3n) is 2.20. The van der Waals surface area contributed by atoms with E-state index in [1.165, 1.54) is 0 Å². The molecule has 0 amide bonds. The fourth-order valence-corrected chi connectivity index (χ4v) is 1.48. The first kappa shape index (κ1) is 10.4. The van der Waals surface area contributed by atoms with Crippen molar-refractivity contribution in [1.29, 1.82) is 0 Å². The highest BCUT2D eigenvalue weighted by molar-refractivity contribution is 5.80. The van der Waals surface area contributed by atoms with Crippen molar-refractivity contribution in [2.45, 2.75) is 6.92 Å². The second-order valence-corrected chi connectivity index (χ2v) is 3.49. The summed E-state index contributed by atoms with van der Waals surface area (Å²) in [5.41, 5.74) is 1.63. The molecular formula is C12H11NO3. The number of nitrogens with zero attached hydrogens (tertiary/aromatic N) is 1. The van der Waals surface area contributed by atoms with Gasteiger partial charge in [-0.25, -0.2) is 9.78 Å². The van der Waals surface area contributed by atoms with Gasteiger partial charge in [0.05, 0.1) is 5.52 Å². The van der Waals surface area contributed by atoms with E-state index in [0.717, 1.165) is 16.5 Å². The van der Waals surface area contributed by atoms with Crippen LogP contribution in [-0.2, 0) is 4.79 Å². The molecule has 0 aliphatic heterocycles. The van der Waals surface area contributed by atoms with Crippen molar-refractivity contribution in [1.82, 2.24) is 4.98 Å². The Bertz CT molecular complexity index is 537. The Balaban J connectivity index is 2.38. The SMILES string of the molecule is Cc1cc2ccccc2nc1OCC(=O)O. The van der Waals surface area contributed by atoms with Crippen LogP contribution in [0.3, 0.4) is 0 Å². The molecule has 82 valence electrons. The number of aryl methyl sites for hydroxylation is 1. The number of hydrogen-bond donors (Lipinski definition) is 1. The summed E-state index contributed by atoms with van der Waals surface area (Å²) in [7, 11) is 0. The number of aliphatic carboxylic acids is 1. The summed E-state index contributed by atoms with van der Waals surface area (Å²) in [4.78, 5) is 14.7.